The molecule has 5 nitrogen and oxygen atoms in total. The first-order valence-corrected chi connectivity index (χ1v) is 9.34. The summed E-state index contributed by atoms with van der Waals surface area (Å²) in [5.41, 5.74) is 4.61. The average Bonchev–Trinajstić information content (AvgIpc) is 3.24. The lowest BCUT2D eigenvalue weighted by atomic mass is 9.99. The van der Waals surface area contributed by atoms with Gasteiger partial charge >= 0.3 is 0 Å². The summed E-state index contributed by atoms with van der Waals surface area (Å²) in [4.78, 5) is 11.9. The molecule has 0 aliphatic heterocycles. The summed E-state index contributed by atoms with van der Waals surface area (Å²) in [6.45, 7) is 8.21. The summed E-state index contributed by atoms with van der Waals surface area (Å²) in [6.07, 6.45) is 3.61. The highest BCUT2D eigenvalue weighted by atomic mass is 15.3. The molecule has 2 heterocycles. The Labute approximate surface area is 159 Å². The normalized spacial score (nSPS) is 11.1. The first kappa shape index (κ1) is 17.2. The van der Waals surface area contributed by atoms with Crippen molar-refractivity contribution in [2.75, 3.05) is 18.0 Å². The molecule has 0 aliphatic carbocycles. The van der Waals surface area contributed by atoms with Crippen LogP contribution in [0.1, 0.15) is 19.4 Å². The van der Waals surface area contributed by atoms with Gasteiger partial charge in [-0.3, -0.25) is 0 Å². The minimum atomic E-state index is 0.595. The van der Waals surface area contributed by atoms with Gasteiger partial charge in [-0.1, -0.05) is 30.3 Å². The Morgan fingerprint density at radius 3 is 2.48 bits per heavy atom. The van der Waals surface area contributed by atoms with Gasteiger partial charge in [-0.25, -0.2) is 9.67 Å². The van der Waals surface area contributed by atoms with Crippen molar-refractivity contribution in [1.29, 1.82) is 0 Å². The molecule has 5 heteroatoms. The van der Waals surface area contributed by atoms with Gasteiger partial charge in [0.25, 0.3) is 5.95 Å². The van der Waals surface area contributed by atoms with Crippen LogP contribution in [0.5, 0.6) is 0 Å². The molecule has 4 aromatic rings. The molecule has 0 unspecified atom stereocenters. The van der Waals surface area contributed by atoms with E-state index >= 15 is 0 Å². The monoisotopic (exact) mass is 357 g/mol. The summed E-state index contributed by atoms with van der Waals surface area (Å²) in [6, 6.07) is 16.8. The van der Waals surface area contributed by atoms with E-state index < -0.39 is 0 Å². The first-order valence-electron chi connectivity index (χ1n) is 9.34. The third kappa shape index (κ3) is 3.16. The molecule has 2 aromatic heterocycles. The molecule has 0 atom stereocenters. The van der Waals surface area contributed by atoms with Crippen molar-refractivity contribution in [1.82, 2.24) is 19.7 Å². The predicted molar refractivity (Wildman–Crippen MR) is 110 cm³/mol. The number of hydrogen-bond acceptors (Lipinski definition) is 4. The van der Waals surface area contributed by atoms with E-state index in [0.29, 0.717) is 5.95 Å². The van der Waals surface area contributed by atoms with Gasteiger partial charge in [-0.05, 0) is 55.7 Å². The van der Waals surface area contributed by atoms with Crippen molar-refractivity contribution in [3.63, 3.8) is 0 Å². The Kier molecular flexibility index (Phi) is 4.59. The van der Waals surface area contributed by atoms with Crippen molar-refractivity contribution in [2.45, 2.75) is 20.8 Å². The molecule has 2 aromatic carbocycles. The van der Waals surface area contributed by atoms with Crippen LogP contribution in [0.2, 0.25) is 0 Å². The second kappa shape index (κ2) is 7.19. The van der Waals surface area contributed by atoms with Crippen molar-refractivity contribution in [3.8, 4) is 17.1 Å². The van der Waals surface area contributed by atoms with Crippen molar-refractivity contribution in [2.24, 2.45) is 0 Å². The molecule has 0 N–H and O–H groups in total. The number of aryl methyl sites for hydroxylation is 1. The Balaban J connectivity index is 1.95. The Hall–Kier alpha value is -3.21. The molecule has 0 amide bonds. The quantitative estimate of drug-likeness (QED) is 0.522. The van der Waals surface area contributed by atoms with Gasteiger partial charge in [-0.2, -0.15) is 10.1 Å². The highest BCUT2D eigenvalue weighted by molar-refractivity contribution is 5.93. The SMILES string of the molecule is CCN(CC)c1nc(-n2cccn2)nc2ccc(-c3ccccc3C)cc12. The highest BCUT2D eigenvalue weighted by Gasteiger charge is 2.15. The fraction of sp³-hybridized carbons (Fsp3) is 0.227. The summed E-state index contributed by atoms with van der Waals surface area (Å²) < 4.78 is 1.71. The molecule has 0 saturated carbocycles. The van der Waals surface area contributed by atoms with E-state index in [9.17, 15) is 0 Å². The van der Waals surface area contributed by atoms with Crippen LogP contribution in [0.3, 0.4) is 0 Å². The van der Waals surface area contributed by atoms with Gasteiger partial charge in [0.05, 0.1) is 5.52 Å². The topological polar surface area (TPSA) is 46.8 Å². The van der Waals surface area contributed by atoms with E-state index in [1.165, 1.54) is 16.7 Å². The van der Waals surface area contributed by atoms with Gasteiger partial charge in [0.2, 0.25) is 0 Å². The van der Waals surface area contributed by atoms with Crippen LogP contribution in [0.4, 0.5) is 5.82 Å². The zero-order chi connectivity index (χ0) is 18.8. The maximum absolute atomic E-state index is 4.86. The molecule has 0 bridgehead atoms. The summed E-state index contributed by atoms with van der Waals surface area (Å²) in [5.74, 6) is 1.55. The van der Waals surface area contributed by atoms with E-state index in [0.717, 1.165) is 29.8 Å². The number of aromatic nitrogens is 4. The van der Waals surface area contributed by atoms with Crippen LogP contribution >= 0.6 is 0 Å². The van der Waals surface area contributed by atoms with Gasteiger partial charge in [0.1, 0.15) is 5.82 Å². The van der Waals surface area contributed by atoms with Crippen LogP contribution in [0.25, 0.3) is 28.0 Å². The molecule has 4 rings (SSSR count). The Morgan fingerprint density at radius 2 is 1.78 bits per heavy atom. The molecular weight excluding hydrogens is 334 g/mol. The van der Waals surface area contributed by atoms with Gasteiger partial charge in [0.15, 0.2) is 0 Å². The van der Waals surface area contributed by atoms with Gasteiger partial charge in [-0.15, -0.1) is 0 Å². The van der Waals surface area contributed by atoms with Gasteiger partial charge < -0.3 is 4.90 Å². The Morgan fingerprint density at radius 1 is 0.963 bits per heavy atom. The first-order chi connectivity index (χ1) is 13.2. The van der Waals surface area contributed by atoms with Crippen molar-refractivity contribution < 1.29 is 0 Å². The van der Waals surface area contributed by atoms with E-state index in [2.05, 4.69) is 73.2 Å². The minimum absolute atomic E-state index is 0.595. The molecule has 0 fully saturated rings. The van der Waals surface area contributed by atoms with E-state index in [1.54, 1.807) is 10.9 Å². The fourth-order valence-electron chi connectivity index (χ4n) is 3.42. The minimum Gasteiger partial charge on any atom is -0.356 e. The zero-order valence-corrected chi connectivity index (χ0v) is 15.9. The third-order valence-corrected chi connectivity index (χ3v) is 4.89. The lowest BCUT2D eigenvalue weighted by Gasteiger charge is -2.22. The molecule has 0 radical (unpaired) electrons. The van der Waals surface area contributed by atoms with Crippen molar-refractivity contribution >= 4 is 16.7 Å². The number of nitrogens with zero attached hydrogens (tertiary/aromatic N) is 5. The lowest BCUT2D eigenvalue weighted by Crippen LogP contribution is -2.24. The van der Waals surface area contributed by atoms with E-state index in [4.69, 9.17) is 9.97 Å². The predicted octanol–water partition coefficient (Wildman–Crippen LogP) is 4.64. The van der Waals surface area contributed by atoms with Gasteiger partial charge in [0, 0.05) is 30.9 Å². The van der Waals surface area contributed by atoms with E-state index in [1.807, 2.05) is 12.3 Å². The maximum Gasteiger partial charge on any atom is 0.253 e. The highest BCUT2D eigenvalue weighted by Crippen LogP contribution is 2.31. The summed E-state index contributed by atoms with van der Waals surface area (Å²) in [7, 11) is 0. The average molecular weight is 357 g/mol. The number of rotatable bonds is 5. The standard InChI is InChI=1S/C22H23N5/c1-4-26(5-2)21-19-15-17(18-10-7-6-9-16(18)3)11-12-20(19)24-22(25-21)27-14-8-13-23-27/h6-15H,4-5H2,1-3H3. The molecule has 0 spiro atoms. The van der Waals surface area contributed by atoms with Crippen LogP contribution in [0, 0.1) is 6.92 Å². The number of anilines is 1. The summed E-state index contributed by atoms with van der Waals surface area (Å²) >= 11 is 0. The van der Waals surface area contributed by atoms with Crippen LogP contribution in [-0.4, -0.2) is 32.8 Å². The van der Waals surface area contributed by atoms with Crippen LogP contribution in [0.15, 0.2) is 60.9 Å². The lowest BCUT2D eigenvalue weighted by molar-refractivity contribution is 0.793. The molecule has 27 heavy (non-hydrogen) atoms. The molecular formula is C22H23N5. The van der Waals surface area contributed by atoms with Crippen LogP contribution in [-0.2, 0) is 0 Å². The number of fused-ring (bicyclic) bond motifs is 1. The second-order valence-electron chi connectivity index (χ2n) is 6.52. The fourth-order valence-corrected chi connectivity index (χ4v) is 3.42. The van der Waals surface area contributed by atoms with Crippen LogP contribution < -0.4 is 4.90 Å². The molecule has 136 valence electrons. The largest absolute Gasteiger partial charge is 0.356 e. The molecule has 0 saturated heterocycles. The van der Waals surface area contributed by atoms with Crippen molar-refractivity contribution in [3.05, 3.63) is 66.5 Å². The zero-order valence-electron chi connectivity index (χ0n) is 15.9. The van der Waals surface area contributed by atoms with E-state index in [-0.39, 0.29) is 0 Å². The second-order valence-corrected chi connectivity index (χ2v) is 6.52. The Bertz CT molecular complexity index is 1070. The smallest absolute Gasteiger partial charge is 0.253 e. The maximum atomic E-state index is 4.86. The summed E-state index contributed by atoms with van der Waals surface area (Å²) in [5, 5.41) is 5.36. The number of hydrogen-bond donors (Lipinski definition) is 0. The number of benzene rings is 2. The molecule has 0 aliphatic rings. The third-order valence-electron chi connectivity index (χ3n) is 4.89.